The zero-order valence-electron chi connectivity index (χ0n) is 35.5. The van der Waals surface area contributed by atoms with Gasteiger partial charge in [0.25, 0.3) is 11.1 Å². The molecule has 4 aromatic carbocycles. The second-order valence-corrected chi connectivity index (χ2v) is 16.2. The largest absolute Gasteiger partial charge is 0.382 e. The van der Waals surface area contributed by atoms with Gasteiger partial charge in [0.15, 0.2) is 5.78 Å². The van der Waals surface area contributed by atoms with E-state index in [9.17, 15) is 41.4 Å². The Hall–Kier alpha value is -7.39. The lowest BCUT2D eigenvalue weighted by atomic mass is 9.79. The number of benzene rings is 4. The van der Waals surface area contributed by atoms with Crippen molar-refractivity contribution in [1.82, 2.24) is 48.6 Å². The van der Waals surface area contributed by atoms with Crippen molar-refractivity contribution in [3.05, 3.63) is 224 Å². The lowest BCUT2D eigenvalue weighted by Gasteiger charge is -2.34. The molecule has 1 N–H and O–H groups in total. The van der Waals surface area contributed by atoms with E-state index in [2.05, 4.69) is 46.1 Å². The third-order valence-electron chi connectivity index (χ3n) is 10.2. The maximum Gasteiger partial charge on any atom is 0.290 e. The van der Waals surface area contributed by atoms with Crippen LogP contribution in [0, 0.1) is 34.9 Å². The predicted molar refractivity (Wildman–Crippen MR) is 241 cm³/mol. The lowest BCUT2D eigenvalue weighted by Crippen LogP contribution is -2.40. The molecule has 0 fully saturated rings. The van der Waals surface area contributed by atoms with E-state index >= 15 is 4.39 Å². The average molecular weight is 1010 g/mol. The van der Waals surface area contributed by atoms with Crippen LogP contribution >= 0.6 is 15.9 Å². The summed E-state index contributed by atoms with van der Waals surface area (Å²) in [6.45, 7) is 3.10. The van der Waals surface area contributed by atoms with Gasteiger partial charge in [0, 0.05) is 23.6 Å². The molecule has 8 aromatic rings. The number of ketones is 1. The Kier molecular flexibility index (Phi) is 17.7. The summed E-state index contributed by atoms with van der Waals surface area (Å²) in [6, 6.07) is 23.9. The zero-order chi connectivity index (χ0) is 48.3. The number of aromatic nitrogens is 10. The highest BCUT2D eigenvalue weighted by Gasteiger charge is 2.42. The van der Waals surface area contributed by atoms with Crippen molar-refractivity contribution in [2.45, 2.75) is 63.8 Å². The van der Waals surface area contributed by atoms with Crippen molar-refractivity contribution in [1.29, 1.82) is 0 Å². The summed E-state index contributed by atoms with van der Waals surface area (Å²) in [5.41, 5.74) is -2.65. The topological polar surface area (TPSA) is 168 Å². The van der Waals surface area contributed by atoms with Gasteiger partial charge in [-0.05, 0) is 36.2 Å². The molecule has 3 atom stereocenters. The maximum atomic E-state index is 15.2. The molecular formula is C47H43BrF6N10O4. The minimum absolute atomic E-state index is 0. The van der Waals surface area contributed by atoms with Crippen LogP contribution in [0.1, 0.15) is 70.5 Å². The summed E-state index contributed by atoms with van der Waals surface area (Å²) in [5, 5.41) is 19.2. The Balaban J connectivity index is 0.000000208. The van der Waals surface area contributed by atoms with Crippen LogP contribution in [-0.2, 0) is 31.8 Å². The van der Waals surface area contributed by atoms with Gasteiger partial charge in [-0.15, -0.1) is 0 Å². The minimum Gasteiger partial charge on any atom is -0.382 e. The van der Waals surface area contributed by atoms with Crippen LogP contribution in [0.5, 0.6) is 0 Å². The number of Topliss-reactive ketones (excluding diaryl/α,β-unsaturated/α-hetero) is 1. The number of hydrogen-bond donors (Lipinski definition) is 1. The van der Waals surface area contributed by atoms with Gasteiger partial charge in [0.1, 0.15) is 60.7 Å². The number of hydrogen-bond acceptors (Lipinski definition) is 10. The standard InChI is InChI=1S/C23H20F3N5O2.C13H12BrFN2O.C10H7F2N3O.CH4/c1-15(21-20(26)22(32)30(14-28-21)10-16-5-3-2-4-6-16)23(33,11-31-13-27-12-29-31)18-8-7-17(24)9-19(18)25;1-9(14)12-11(15)13(18)17(8-16-12)7-10-5-3-2-4-6-10;11-7-1-2-8(9(12)3-7)10(16)4-15-6-13-5-14-15;/h2-9,12-15,33H,10-11H2,1H3;2-6,8-9H,7H2,1H3;1-3,5-6H,4H2;1H4. The number of alkyl halides is 1. The molecule has 0 bridgehead atoms. The van der Waals surface area contributed by atoms with E-state index in [0.717, 1.165) is 40.0 Å². The van der Waals surface area contributed by atoms with Crippen LogP contribution in [-0.4, -0.2) is 59.5 Å². The Bertz CT molecular complexity index is 3030. The van der Waals surface area contributed by atoms with E-state index in [4.69, 9.17) is 0 Å². The van der Waals surface area contributed by atoms with Crippen LogP contribution in [0.3, 0.4) is 0 Å². The second kappa shape index (κ2) is 23.4. The molecule has 0 saturated carbocycles. The van der Waals surface area contributed by atoms with Gasteiger partial charge in [0.05, 0.1) is 54.1 Å². The molecule has 0 saturated heterocycles. The number of carbonyl (C=O) groups excluding carboxylic acids is 1. The first-order valence-corrected chi connectivity index (χ1v) is 21.0. The third-order valence-corrected chi connectivity index (χ3v) is 10.6. The molecule has 21 heteroatoms. The highest BCUT2D eigenvalue weighted by Crippen LogP contribution is 2.39. The molecule has 0 aliphatic carbocycles. The number of halogens is 7. The predicted octanol–water partition coefficient (Wildman–Crippen LogP) is 7.95. The SMILES string of the molecule is C.CC(Br)c1ncn(Cc2ccccc2)c(=O)c1F.CC(c1ncn(Cc2ccccc2)c(=O)c1F)C(O)(Cn1cncn1)c1ccc(F)cc1F.O=C(Cn1cncn1)c1ccc(F)cc1F. The summed E-state index contributed by atoms with van der Waals surface area (Å²) in [4.78, 5) is 51.4. The molecule has 0 aliphatic heterocycles. The maximum absolute atomic E-state index is 15.2. The van der Waals surface area contributed by atoms with Crippen molar-refractivity contribution >= 4 is 21.7 Å². The summed E-state index contributed by atoms with van der Waals surface area (Å²) in [5.74, 6) is -7.09. The Labute approximate surface area is 393 Å². The first-order chi connectivity index (χ1) is 32.0. The Morgan fingerprint density at radius 1 is 0.662 bits per heavy atom. The number of aliphatic hydroxyl groups is 1. The number of nitrogens with zero attached hydrogens (tertiary/aromatic N) is 10. The highest BCUT2D eigenvalue weighted by atomic mass is 79.9. The number of rotatable bonds is 13. The van der Waals surface area contributed by atoms with E-state index in [0.29, 0.717) is 18.7 Å². The fraction of sp³-hybridized carbons (Fsp3) is 0.213. The average Bonchev–Trinajstić information content (AvgIpc) is 4.03. The van der Waals surface area contributed by atoms with Gasteiger partial charge in [0.2, 0.25) is 11.6 Å². The van der Waals surface area contributed by atoms with E-state index < -0.39 is 63.3 Å². The van der Waals surface area contributed by atoms with Crippen LogP contribution in [0.4, 0.5) is 26.3 Å². The van der Waals surface area contributed by atoms with E-state index in [-0.39, 0.29) is 54.4 Å². The van der Waals surface area contributed by atoms with Gasteiger partial charge in [-0.3, -0.25) is 23.5 Å². The van der Waals surface area contributed by atoms with E-state index in [1.165, 1.54) is 58.8 Å². The van der Waals surface area contributed by atoms with Gasteiger partial charge >= 0.3 is 0 Å². The number of carbonyl (C=O) groups is 1. The Morgan fingerprint density at radius 3 is 1.63 bits per heavy atom. The summed E-state index contributed by atoms with van der Waals surface area (Å²) >= 11 is 3.21. The molecule has 0 radical (unpaired) electrons. The first-order valence-electron chi connectivity index (χ1n) is 20.1. The van der Waals surface area contributed by atoms with Gasteiger partial charge in [-0.1, -0.05) is 97.0 Å². The molecule has 0 amide bonds. The smallest absolute Gasteiger partial charge is 0.290 e. The molecule has 4 aromatic heterocycles. The molecule has 14 nitrogen and oxygen atoms in total. The zero-order valence-corrected chi connectivity index (χ0v) is 37.1. The molecule has 0 spiro atoms. The molecule has 354 valence electrons. The summed E-state index contributed by atoms with van der Waals surface area (Å²) in [7, 11) is 0. The lowest BCUT2D eigenvalue weighted by molar-refractivity contribution is -0.0135. The monoisotopic (exact) mass is 1000 g/mol. The highest BCUT2D eigenvalue weighted by molar-refractivity contribution is 9.09. The van der Waals surface area contributed by atoms with Crippen molar-refractivity contribution < 1.29 is 36.2 Å². The molecule has 68 heavy (non-hydrogen) atoms. The summed E-state index contributed by atoms with van der Waals surface area (Å²) < 4.78 is 87.9. The summed E-state index contributed by atoms with van der Waals surface area (Å²) in [6.07, 6.45) is 7.69. The normalized spacial score (nSPS) is 12.6. The second-order valence-electron chi connectivity index (χ2n) is 14.8. The quantitative estimate of drug-likeness (QED) is 0.0680. The minimum atomic E-state index is -2.13. The fourth-order valence-corrected chi connectivity index (χ4v) is 6.98. The van der Waals surface area contributed by atoms with Gasteiger partial charge < -0.3 is 5.11 Å². The van der Waals surface area contributed by atoms with E-state index in [1.807, 2.05) is 36.4 Å². The molecule has 0 aliphatic rings. The Morgan fingerprint density at radius 2 is 1.15 bits per heavy atom. The fourth-order valence-electron chi connectivity index (χ4n) is 6.66. The van der Waals surface area contributed by atoms with Crippen LogP contribution in [0.25, 0.3) is 0 Å². The van der Waals surface area contributed by atoms with E-state index in [1.54, 1.807) is 31.2 Å². The van der Waals surface area contributed by atoms with Gasteiger partial charge in [-0.25, -0.2) is 46.9 Å². The van der Waals surface area contributed by atoms with Crippen LogP contribution in [0.2, 0.25) is 0 Å². The van der Waals surface area contributed by atoms with Crippen molar-refractivity contribution in [3.63, 3.8) is 0 Å². The van der Waals surface area contributed by atoms with Crippen LogP contribution in [0.15, 0.2) is 145 Å². The molecule has 3 unspecified atom stereocenters. The first kappa shape index (κ1) is 51.6. The van der Waals surface area contributed by atoms with Crippen LogP contribution < -0.4 is 11.1 Å². The van der Waals surface area contributed by atoms with Crippen molar-refractivity contribution in [3.8, 4) is 0 Å². The molecule has 8 rings (SSSR count). The molecule has 4 heterocycles. The molecular weight excluding hydrogens is 962 g/mol. The van der Waals surface area contributed by atoms with Crippen molar-refractivity contribution in [2.75, 3.05) is 0 Å². The third kappa shape index (κ3) is 12.7. The van der Waals surface area contributed by atoms with Gasteiger partial charge in [-0.2, -0.15) is 19.0 Å². The van der Waals surface area contributed by atoms with Crippen molar-refractivity contribution in [2.24, 2.45) is 0 Å².